The highest BCUT2D eigenvalue weighted by molar-refractivity contribution is 5.29. The molecule has 1 saturated carbocycles. The zero-order valence-corrected chi connectivity index (χ0v) is 13.0. The van der Waals surface area contributed by atoms with Gasteiger partial charge in [0.05, 0.1) is 0 Å². The van der Waals surface area contributed by atoms with Crippen molar-refractivity contribution in [1.82, 2.24) is 5.32 Å². The van der Waals surface area contributed by atoms with Gasteiger partial charge >= 0.3 is 0 Å². The molecule has 0 saturated heterocycles. The summed E-state index contributed by atoms with van der Waals surface area (Å²) in [5, 5.41) is 3.89. The Morgan fingerprint density at radius 1 is 1.25 bits per heavy atom. The minimum atomic E-state index is 0.319. The van der Waals surface area contributed by atoms with E-state index in [-0.39, 0.29) is 0 Å². The SMILES string of the molecule is Cc1cc2c(o1)CC(C)(C)CC2NC1CCC(N)CC1. The van der Waals surface area contributed by atoms with Gasteiger partial charge in [0.1, 0.15) is 11.5 Å². The second-order valence-electron chi connectivity index (χ2n) is 7.61. The second kappa shape index (κ2) is 5.19. The summed E-state index contributed by atoms with van der Waals surface area (Å²) < 4.78 is 5.92. The molecule has 2 aliphatic rings. The molecule has 1 fully saturated rings. The normalized spacial score (nSPS) is 32.9. The van der Waals surface area contributed by atoms with E-state index in [9.17, 15) is 0 Å². The topological polar surface area (TPSA) is 51.2 Å². The molecule has 1 unspecified atom stereocenters. The average Bonchev–Trinajstić information content (AvgIpc) is 2.71. The Labute approximate surface area is 122 Å². The van der Waals surface area contributed by atoms with Crippen molar-refractivity contribution < 1.29 is 4.42 Å². The lowest BCUT2D eigenvalue weighted by molar-refractivity contribution is 0.210. The first-order valence-electron chi connectivity index (χ1n) is 8.04. The van der Waals surface area contributed by atoms with Crippen molar-refractivity contribution in [2.24, 2.45) is 11.1 Å². The van der Waals surface area contributed by atoms with E-state index in [4.69, 9.17) is 10.2 Å². The lowest BCUT2D eigenvalue weighted by atomic mass is 9.74. The van der Waals surface area contributed by atoms with E-state index in [1.54, 1.807) is 0 Å². The number of fused-ring (bicyclic) bond motifs is 1. The Bertz CT molecular complexity index is 469. The number of hydrogen-bond acceptors (Lipinski definition) is 3. The van der Waals surface area contributed by atoms with Crippen molar-refractivity contribution in [3.63, 3.8) is 0 Å². The van der Waals surface area contributed by atoms with Crippen molar-refractivity contribution in [3.8, 4) is 0 Å². The van der Waals surface area contributed by atoms with E-state index >= 15 is 0 Å². The first-order valence-corrected chi connectivity index (χ1v) is 8.04. The summed E-state index contributed by atoms with van der Waals surface area (Å²) in [6, 6.07) is 3.72. The smallest absolute Gasteiger partial charge is 0.109 e. The first-order chi connectivity index (χ1) is 9.43. The molecule has 0 bridgehead atoms. The largest absolute Gasteiger partial charge is 0.466 e. The van der Waals surface area contributed by atoms with Crippen LogP contribution in [0.3, 0.4) is 0 Å². The van der Waals surface area contributed by atoms with E-state index in [2.05, 4.69) is 32.2 Å². The molecule has 3 N–H and O–H groups in total. The van der Waals surface area contributed by atoms with Gasteiger partial charge in [0.2, 0.25) is 0 Å². The molecular formula is C17H28N2O. The molecule has 3 rings (SSSR count). The second-order valence-corrected chi connectivity index (χ2v) is 7.61. The predicted octanol–water partition coefficient (Wildman–Crippen LogP) is 3.46. The lowest BCUT2D eigenvalue weighted by Gasteiger charge is -2.38. The van der Waals surface area contributed by atoms with Gasteiger partial charge < -0.3 is 15.5 Å². The van der Waals surface area contributed by atoms with E-state index < -0.39 is 0 Å². The van der Waals surface area contributed by atoms with Gasteiger partial charge in [-0.3, -0.25) is 0 Å². The van der Waals surface area contributed by atoms with Gasteiger partial charge in [0.15, 0.2) is 0 Å². The van der Waals surface area contributed by atoms with Crippen molar-refractivity contribution in [2.45, 2.75) is 77.4 Å². The molecule has 0 aromatic carbocycles. The number of nitrogens with one attached hydrogen (secondary N) is 1. The predicted molar refractivity (Wildman–Crippen MR) is 81.7 cm³/mol. The van der Waals surface area contributed by atoms with Crippen LogP contribution in [0.5, 0.6) is 0 Å². The molecule has 112 valence electrons. The third kappa shape index (κ3) is 2.94. The van der Waals surface area contributed by atoms with E-state index in [1.807, 2.05) is 0 Å². The number of rotatable bonds is 2. The summed E-state index contributed by atoms with van der Waals surface area (Å²) in [4.78, 5) is 0. The Hall–Kier alpha value is -0.800. The maximum Gasteiger partial charge on any atom is 0.109 e. The number of furan rings is 1. The Morgan fingerprint density at radius 2 is 1.95 bits per heavy atom. The highest BCUT2D eigenvalue weighted by atomic mass is 16.3. The quantitative estimate of drug-likeness (QED) is 0.869. The fourth-order valence-corrected chi connectivity index (χ4v) is 3.90. The molecule has 2 aliphatic carbocycles. The van der Waals surface area contributed by atoms with Gasteiger partial charge in [-0.15, -0.1) is 0 Å². The molecule has 0 aliphatic heterocycles. The average molecular weight is 276 g/mol. The minimum Gasteiger partial charge on any atom is -0.466 e. The summed E-state index contributed by atoms with van der Waals surface area (Å²) in [6.45, 7) is 6.75. The van der Waals surface area contributed by atoms with Crippen LogP contribution < -0.4 is 11.1 Å². The van der Waals surface area contributed by atoms with E-state index in [0.717, 1.165) is 25.0 Å². The standard InChI is InChI=1S/C17H28N2O/c1-11-8-14-15(9-17(2,3)10-16(14)20-11)19-13-6-4-12(18)5-7-13/h8,12-13,15,19H,4-7,9-10,18H2,1-3H3. The summed E-state index contributed by atoms with van der Waals surface area (Å²) >= 11 is 0. The first kappa shape index (κ1) is 14.2. The lowest BCUT2D eigenvalue weighted by Crippen LogP contribution is -2.42. The molecule has 1 heterocycles. The summed E-state index contributed by atoms with van der Waals surface area (Å²) in [6.07, 6.45) is 7.00. The van der Waals surface area contributed by atoms with Gasteiger partial charge in [-0.25, -0.2) is 0 Å². The molecule has 0 amide bonds. The van der Waals surface area contributed by atoms with Gasteiger partial charge in [0, 0.05) is 30.1 Å². The summed E-state index contributed by atoms with van der Waals surface area (Å²) in [5.41, 5.74) is 7.73. The maximum atomic E-state index is 6.01. The Morgan fingerprint density at radius 3 is 2.65 bits per heavy atom. The summed E-state index contributed by atoms with van der Waals surface area (Å²) in [5.74, 6) is 2.24. The molecule has 3 heteroatoms. The van der Waals surface area contributed by atoms with Crippen LogP contribution in [0.4, 0.5) is 0 Å². The van der Waals surface area contributed by atoms with Gasteiger partial charge in [-0.1, -0.05) is 13.8 Å². The van der Waals surface area contributed by atoms with Crippen LogP contribution in [0.2, 0.25) is 0 Å². The highest BCUT2D eigenvalue weighted by Crippen LogP contribution is 2.42. The molecule has 3 nitrogen and oxygen atoms in total. The van der Waals surface area contributed by atoms with Crippen LogP contribution in [0.1, 0.15) is 69.1 Å². The van der Waals surface area contributed by atoms with Crippen LogP contribution in [0.25, 0.3) is 0 Å². The fraction of sp³-hybridized carbons (Fsp3) is 0.765. The van der Waals surface area contributed by atoms with Crippen molar-refractivity contribution >= 4 is 0 Å². The third-order valence-corrected chi connectivity index (χ3v) is 4.94. The number of hydrogen-bond donors (Lipinski definition) is 2. The monoisotopic (exact) mass is 276 g/mol. The maximum absolute atomic E-state index is 6.01. The molecule has 0 radical (unpaired) electrons. The molecule has 1 aromatic rings. The van der Waals surface area contributed by atoms with E-state index in [0.29, 0.717) is 23.5 Å². The van der Waals surface area contributed by atoms with Crippen LogP contribution in [0, 0.1) is 12.3 Å². The van der Waals surface area contributed by atoms with Crippen molar-refractivity contribution in [2.75, 3.05) is 0 Å². The molecule has 20 heavy (non-hydrogen) atoms. The zero-order valence-electron chi connectivity index (χ0n) is 13.0. The van der Waals surface area contributed by atoms with Crippen molar-refractivity contribution in [1.29, 1.82) is 0 Å². The molecule has 1 aromatic heterocycles. The summed E-state index contributed by atoms with van der Waals surface area (Å²) in [7, 11) is 0. The molecular weight excluding hydrogens is 248 g/mol. The number of aryl methyl sites for hydroxylation is 1. The number of nitrogens with two attached hydrogens (primary N) is 1. The van der Waals surface area contributed by atoms with Crippen LogP contribution in [0.15, 0.2) is 10.5 Å². The minimum absolute atomic E-state index is 0.319. The van der Waals surface area contributed by atoms with Gasteiger partial charge in [-0.05, 0) is 50.5 Å². The fourth-order valence-electron chi connectivity index (χ4n) is 3.90. The molecule has 0 spiro atoms. The van der Waals surface area contributed by atoms with Gasteiger partial charge in [-0.2, -0.15) is 0 Å². The Balaban J connectivity index is 1.75. The van der Waals surface area contributed by atoms with Crippen molar-refractivity contribution in [3.05, 3.63) is 23.2 Å². The van der Waals surface area contributed by atoms with Crippen LogP contribution >= 0.6 is 0 Å². The van der Waals surface area contributed by atoms with Crippen LogP contribution in [-0.2, 0) is 6.42 Å². The van der Waals surface area contributed by atoms with Gasteiger partial charge in [0.25, 0.3) is 0 Å². The third-order valence-electron chi connectivity index (χ3n) is 4.94. The Kier molecular flexibility index (Phi) is 3.67. The zero-order chi connectivity index (χ0) is 14.3. The van der Waals surface area contributed by atoms with E-state index in [1.165, 1.54) is 30.6 Å². The highest BCUT2D eigenvalue weighted by Gasteiger charge is 2.36. The van der Waals surface area contributed by atoms with Crippen LogP contribution in [-0.4, -0.2) is 12.1 Å². The molecule has 1 atom stereocenters.